The number of urea groups is 1. The number of thiazole rings is 1. The summed E-state index contributed by atoms with van der Waals surface area (Å²) in [7, 11) is 0. The average Bonchev–Trinajstić information content (AvgIpc) is 2.71. The number of carbonyl (C=O) groups excluding carboxylic acids is 1. The minimum absolute atomic E-state index is 0.119. The second-order valence-corrected chi connectivity index (χ2v) is 8.19. The van der Waals surface area contributed by atoms with Gasteiger partial charge in [0.25, 0.3) is 0 Å². The van der Waals surface area contributed by atoms with E-state index in [1.807, 2.05) is 19.2 Å². The van der Waals surface area contributed by atoms with Gasteiger partial charge in [0.1, 0.15) is 0 Å². The van der Waals surface area contributed by atoms with Crippen molar-refractivity contribution in [3.8, 4) is 0 Å². The van der Waals surface area contributed by atoms with Crippen molar-refractivity contribution in [3.63, 3.8) is 0 Å². The maximum Gasteiger partial charge on any atom is 0.321 e. The third-order valence-corrected chi connectivity index (χ3v) is 3.81. The number of hydrogen-bond acceptors (Lipinski definition) is 4. The van der Waals surface area contributed by atoms with Gasteiger partial charge in [0.15, 0.2) is 5.13 Å². The van der Waals surface area contributed by atoms with Crippen LogP contribution in [0.25, 0.3) is 0 Å². The Kier molecular flexibility index (Phi) is 6.16. The summed E-state index contributed by atoms with van der Waals surface area (Å²) in [6.45, 7) is 11.1. The van der Waals surface area contributed by atoms with Crippen LogP contribution in [-0.2, 0) is 6.42 Å². The molecule has 1 aromatic rings. The summed E-state index contributed by atoms with van der Waals surface area (Å²) in [5, 5.41) is 17.1. The zero-order valence-corrected chi connectivity index (χ0v) is 14.4. The standard InChI is InChI=1S/C15H27N3O2S/c1-14(2,3)8-11-9-21-13(17-11)18-12(20)16-10-15(4,5)6-7-19/h9,19H,6-8,10H2,1-5H3,(H2,16,17,18,20). The Morgan fingerprint density at radius 2 is 2.00 bits per heavy atom. The Bertz CT molecular complexity index is 464. The molecule has 120 valence electrons. The van der Waals surface area contributed by atoms with Gasteiger partial charge in [-0.25, -0.2) is 9.78 Å². The number of hydrogen-bond donors (Lipinski definition) is 3. The van der Waals surface area contributed by atoms with Crippen LogP contribution in [0, 0.1) is 10.8 Å². The van der Waals surface area contributed by atoms with Crippen molar-refractivity contribution in [1.29, 1.82) is 0 Å². The molecule has 0 aromatic carbocycles. The molecule has 3 N–H and O–H groups in total. The van der Waals surface area contributed by atoms with Crippen LogP contribution < -0.4 is 10.6 Å². The third kappa shape index (κ3) is 7.43. The van der Waals surface area contributed by atoms with Crippen LogP contribution in [0.4, 0.5) is 9.93 Å². The van der Waals surface area contributed by atoms with Gasteiger partial charge in [-0.2, -0.15) is 0 Å². The number of aromatic nitrogens is 1. The second kappa shape index (κ2) is 7.22. The Morgan fingerprint density at radius 1 is 1.33 bits per heavy atom. The normalized spacial score (nSPS) is 12.3. The minimum Gasteiger partial charge on any atom is -0.396 e. The summed E-state index contributed by atoms with van der Waals surface area (Å²) in [5.41, 5.74) is 1.07. The van der Waals surface area contributed by atoms with Crippen LogP contribution in [0.15, 0.2) is 5.38 Å². The van der Waals surface area contributed by atoms with Crippen LogP contribution in [-0.4, -0.2) is 29.3 Å². The molecule has 0 aliphatic heterocycles. The molecule has 0 unspecified atom stereocenters. The molecule has 0 aliphatic carbocycles. The van der Waals surface area contributed by atoms with E-state index in [2.05, 4.69) is 36.4 Å². The summed E-state index contributed by atoms with van der Waals surface area (Å²) in [4.78, 5) is 16.3. The van der Waals surface area contributed by atoms with Gasteiger partial charge in [0.2, 0.25) is 0 Å². The molecule has 1 rings (SSSR count). The molecule has 0 saturated heterocycles. The first-order valence-electron chi connectivity index (χ1n) is 7.21. The van der Waals surface area contributed by atoms with Crippen molar-refractivity contribution in [2.24, 2.45) is 10.8 Å². The minimum atomic E-state index is -0.252. The Labute approximate surface area is 131 Å². The lowest BCUT2D eigenvalue weighted by Gasteiger charge is -2.23. The molecule has 0 bridgehead atoms. The second-order valence-electron chi connectivity index (χ2n) is 7.33. The molecule has 0 radical (unpaired) electrons. The van der Waals surface area contributed by atoms with E-state index >= 15 is 0 Å². The molecule has 1 heterocycles. The predicted molar refractivity (Wildman–Crippen MR) is 87.8 cm³/mol. The number of aliphatic hydroxyl groups excluding tert-OH is 1. The van der Waals surface area contributed by atoms with Gasteiger partial charge in [-0.15, -0.1) is 11.3 Å². The van der Waals surface area contributed by atoms with Crippen LogP contribution in [0.2, 0.25) is 0 Å². The number of carbonyl (C=O) groups is 1. The van der Waals surface area contributed by atoms with Gasteiger partial charge in [0, 0.05) is 18.5 Å². The molecule has 21 heavy (non-hydrogen) atoms. The molecule has 6 heteroatoms. The SMILES string of the molecule is CC(C)(C)Cc1csc(NC(=O)NCC(C)(C)CCO)n1. The predicted octanol–water partition coefficient (Wildman–Crippen LogP) is 3.26. The van der Waals surface area contributed by atoms with Gasteiger partial charge >= 0.3 is 6.03 Å². The lowest BCUT2D eigenvalue weighted by Crippen LogP contribution is -2.37. The molecule has 0 fully saturated rings. The topological polar surface area (TPSA) is 74.2 Å². The van der Waals surface area contributed by atoms with E-state index in [1.165, 1.54) is 11.3 Å². The molecule has 0 spiro atoms. The number of anilines is 1. The van der Waals surface area contributed by atoms with Crippen LogP contribution >= 0.6 is 11.3 Å². The lowest BCUT2D eigenvalue weighted by molar-refractivity contribution is 0.204. The van der Waals surface area contributed by atoms with Crippen molar-refractivity contribution in [2.45, 2.75) is 47.5 Å². The highest BCUT2D eigenvalue weighted by Gasteiger charge is 2.19. The van der Waals surface area contributed by atoms with Gasteiger partial charge in [-0.3, -0.25) is 5.32 Å². The summed E-state index contributed by atoms with van der Waals surface area (Å²) in [6, 6.07) is -0.252. The number of nitrogens with one attached hydrogen (secondary N) is 2. The molecule has 0 aliphatic rings. The van der Waals surface area contributed by atoms with E-state index in [1.54, 1.807) is 0 Å². The smallest absolute Gasteiger partial charge is 0.321 e. The Balaban J connectivity index is 2.45. The highest BCUT2D eigenvalue weighted by Crippen LogP contribution is 2.24. The van der Waals surface area contributed by atoms with Crippen molar-refractivity contribution in [2.75, 3.05) is 18.5 Å². The van der Waals surface area contributed by atoms with Crippen molar-refractivity contribution < 1.29 is 9.90 Å². The molecule has 0 saturated carbocycles. The van der Waals surface area contributed by atoms with E-state index in [4.69, 9.17) is 5.11 Å². The van der Waals surface area contributed by atoms with Gasteiger partial charge in [0.05, 0.1) is 5.69 Å². The van der Waals surface area contributed by atoms with Crippen LogP contribution in [0.5, 0.6) is 0 Å². The number of rotatable bonds is 6. The van der Waals surface area contributed by atoms with Crippen LogP contribution in [0.3, 0.4) is 0 Å². The van der Waals surface area contributed by atoms with E-state index in [-0.39, 0.29) is 23.5 Å². The number of nitrogens with zero attached hydrogens (tertiary/aromatic N) is 1. The monoisotopic (exact) mass is 313 g/mol. The highest BCUT2D eigenvalue weighted by molar-refractivity contribution is 7.13. The number of aliphatic hydroxyl groups is 1. The van der Waals surface area contributed by atoms with E-state index < -0.39 is 0 Å². The van der Waals surface area contributed by atoms with Gasteiger partial charge in [-0.05, 0) is 23.7 Å². The van der Waals surface area contributed by atoms with Crippen molar-refractivity contribution in [1.82, 2.24) is 10.3 Å². The fourth-order valence-electron chi connectivity index (χ4n) is 1.84. The fourth-order valence-corrected chi connectivity index (χ4v) is 2.55. The van der Waals surface area contributed by atoms with E-state index in [0.717, 1.165) is 12.1 Å². The van der Waals surface area contributed by atoms with E-state index in [9.17, 15) is 4.79 Å². The third-order valence-electron chi connectivity index (χ3n) is 3.00. The largest absolute Gasteiger partial charge is 0.396 e. The lowest BCUT2D eigenvalue weighted by atomic mass is 9.90. The number of amides is 2. The Hall–Kier alpha value is -1.14. The first-order valence-corrected chi connectivity index (χ1v) is 8.09. The fraction of sp³-hybridized carbons (Fsp3) is 0.733. The maximum absolute atomic E-state index is 11.8. The molecular formula is C15H27N3O2S. The zero-order chi connectivity index (χ0) is 16.1. The van der Waals surface area contributed by atoms with Crippen LogP contribution in [0.1, 0.15) is 46.7 Å². The highest BCUT2D eigenvalue weighted by atomic mass is 32.1. The van der Waals surface area contributed by atoms with Crippen molar-refractivity contribution in [3.05, 3.63) is 11.1 Å². The summed E-state index contributed by atoms with van der Waals surface area (Å²) in [5.74, 6) is 0. The average molecular weight is 313 g/mol. The molecular weight excluding hydrogens is 286 g/mol. The Morgan fingerprint density at radius 3 is 2.57 bits per heavy atom. The summed E-state index contributed by atoms with van der Waals surface area (Å²) in [6.07, 6.45) is 1.54. The first kappa shape index (κ1) is 17.9. The van der Waals surface area contributed by atoms with Gasteiger partial charge in [-0.1, -0.05) is 34.6 Å². The zero-order valence-electron chi connectivity index (χ0n) is 13.6. The first-order chi connectivity index (χ1) is 9.61. The summed E-state index contributed by atoms with van der Waals surface area (Å²) < 4.78 is 0. The molecule has 2 amide bonds. The van der Waals surface area contributed by atoms with E-state index in [0.29, 0.717) is 18.1 Å². The molecule has 1 aromatic heterocycles. The molecule has 5 nitrogen and oxygen atoms in total. The quantitative estimate of drug-likeness (QED) is 0.754. The van der Waals surface area contributed by atoms with Gasteiger partial charge < -0.3 is 10.4 Å². The van der Waals surface area contributed by atoms with Crippen molar-refractivity contribution >= 4 is 22.5 Å². The summed E-state index contributed by atoms with van der Waals surface area (Å²) >= 11 is 1.44. The maximum atomic E-state index is 11.8. The molecule has 0 atom stereocenters.